The summed E-state index contributed by atoms with van der Waals surface area (Å²) < 4.78 is 33.0. The summed E-state index contributed by atoms with van der Waals surface area (Å²) in [6, 6.07) is 12.9. The summed E-state index contributed by atoms with van der Waals surface area (Å²) in [5.74, 6) is 1.19. The molecular formula is C17H15ClN2O3S. The van der Waals surface area contributed by atoms with Gasteiger partial charge < -0.3 is 4.42 Å². The molecule has 3 aromatic rings. The highest BCUT2D eigenvalue weighted by atomic mass is 35.5. The Morgan fingerprint density at radius 1 is 1.08 bits per heavy atom. The van der Waals surface area contributed by atoms with Gasteiger partial charge in [0, 0.05) is 16.3 Å². The first kappa shape index (κ1) is 16.5. The number of halogens is 1. The molecule has 3 rings (SSSR count). The van der Waals surface area contributed by atoms with E-state index in [1.807, 2.05) is 19.9 Å². The summed E-state index contributed by atoms with van der Waals surface area (Å²) in [6.45, 7) is 3.69. The van der Waals surface area contributed by atoms with Gasteiger partial charge in [0.1, 0.15) is 5.76 Å². The highest BCUT2D eigenvalue weighted by molar-refractivity contribution is 7.92. The Balaban J connectivity index is 1.90. The maximum absolute atomic E-state index is 12.4. The topological polar surface area (TPSA) is 72.2 Å². The maximum atomic E-state index is 12.4. The van der Waals surface area contributed by atoms with Gasteiger partial charge in [0.15, 0.2) is 0 Å². The van der Waals surface area contributed by atoms with Crippen LogP contribution in [0.1, 0.15) is 11.5 Å². The van der Waals surface area contributed by atoms with E-state index in [1.165, 1.54) is 24.3 Å². The van der Waals surface area contributed by atoms with Crippen LogP contribution in [0.25, 0.3) is 11.5 Å². The molecule has 0 atom stereocenters. The van der Waals surface area contributed by atoms with Gasteiger partial charge >= 0.3 is 0 Å². The molecule has 0 aliphatic carbocycles. The fourth-order valence-corrected chi connectivity index (χ4v) is 3.32. The minimum atomic E-state index is -3.69. The van der Waals surface area contributed by atoms with E-state index in [0.717, 1.165) is 11.5 Å². The lowest BCUT2D eigenvalue weighted by Gasteiger charge is -2.09. The number of hydrogen-bond donors (Lipinski definition) is 1. The molecule has 5 nitrogen and oxygen atoms in total. The predicted molar refractivity (Wildman–Crippen MR) is 93.7 cm³/mol. The standard InChI is InChI=1S/C17H15ClN2O3S/c1-11-12(2)23-17(19-11)13-4-3-5-15(10-13)20-24(21,22)16-8-6-14(18)7-9-16/h3-10,20H,1-2H3. The van der Waals surface area contributed by atoms with Gasteiger partial charge in [-0.1, -0.05) is 17.7 Å². The maximum Gasteiger partial charge on any atom is 0.261 e. The second-order valence-electron chi connectivity index (χ2n) is 5.30. The summed E-state index contributed by atoms with van der Waals surface area (Å²) in [5, 5.41) is 0.477. The number of oxazole rings is 1. The molecule has 0 unspecified atom stereocenters. The molecule has 0 fully saturated rings. The number of rotatable bonds is 4. The summed E-state index contributed by atoms with van der Waals surface area (Å²) in [5.41, 5.74) is 1.93. The molecule has 1 heterocycles. The summed E-state index contributed by atoms with van der Waals surface area (Å²) >= 11 is 5.79. The smallest absolute Gasteiger partial charge is 0.261 e. The van der Waals surface area contributed by atoms with Gasteiger partial charge in [0.05, 0.1) is 10.6 Å². The van der Waals surface area contributed by atoms with Gasteiger partial charge in [-0.3, -0.25) is 4.72 Å². The van der Waals surface area contributed by atoms with Gasteiger partial charge in [-0.05, 0) is 56.3 Å². The fourth-order valence-electron chi connectivity index (χ4n) is 2.14. The minimum Gasteiger partial charge on any atom is -0.441 e. The van der Waals surface area contributed by atoms with Crippen molar-refractivity contribution in [1.82, 2.24) is 4.98 Å². The summed E-state index contributed by atoms with van der Waals surface area (Å²) in [4.78, 5) is 4.47. The Hall–Kier alpha value is -2.31. The van der Waals surface area contributed by atoms with Crippen molar-refractivity contribution < 1.29 is 12.8 Å². The molecule has 0 amide bonds. The van der Waals surface area contributed by atoms with Crippen LogP contribution in [-0.4, -0.2) is 13.4 Å². The summed E-state index contributed by atoms with van der Waals surface area (Å²) in [6.07, 6.45) is 0. The van der Waals surface area contributed by atoms with E-state index in [1.54, 1.807) is 18.2 Å². The average molecular weight is 363 g/mol. The van der Waals surface area contributed by atoms with Crippen LogP contribution in [0.2, 0.25) is 5.02 Å². The number of benzene rings is 2. The van der Waals surface area contributed by atoms with E-state index >= 15 is 0 Å². The Bertz CT molecular complexity index is 960. The van der Waals surface area contributed by atoms with E-state index < -0.39 is 10.0 Å². The van der Waals surface area contributed by atoms with E-state index in [4.69, 9.17) is 16.0 Å². The van der Waals surface area contributed by atoms with Crippen LogP contribution in [0.15, 0.2) is 57.8 Å². The lowest BCUT2D eigenvalue weighted by Crippen LogP contribution is -2.12. The molecular weight excluding hydrogens is 348 g/mol. The van der Waals surface area contributed by atoms with E-state index in [-0.39, 0.29) is 4.90 Å². The zero-order chi connectivity index (χ0) is 17.3. The van der Waals surface area contributed by atoms with Crippen molar-refractivity contribution in [3.63, 3.8) is 0 Å². The molecule has 2 aromatic carbocycles. The first-order valence-electron chi connectivity index (χ1n) is 7.18. The molecule has 124 valence electrons. The fraction of sp³-hybridized carbons (Fsp3) is 0.118. The quantitative estimate of drug-likeness (QED) is 0.746. The van der Waals surface area contributed by atoms with Crippen LogP contribution in [0.5, 0.6) is 0 Å². The van der Waals surface area contributed by atoms with Crippen molar-refractivity contribution in [3.8, 4) is 11.5 Å². The molecule has 0 radical (unpaired) electrons. The van der Waals surface area contributed by atoms with Crippen LogP contribution in [0.4, 0.5) is 5.69 Å². The van der Waals surface area contributed by atoms with Crippen molar-refractivity contribution in [2.45, 2.75) is 18.7 Å². The molecule has 7 heteroatoms. The largest absolute Gasteiger partial charge is 0.441 e. The minimum absolute atomic E-state index is 0.139. The molecule has 0 saturated carbocycles. The van der Waals surface area contributed by atoms with Crippen LogP contribution in [0.3, 0.4) is 0 Å². The van der Waals surface area contributed by atoms with Gasteiger partial charge in [-0.15, -0.1) is 0 Å². The van der Waals surface area contributed by atoms with Crippen molar-refractivity contribution in [2.24, 2.45) is 0 Å². The van der Waals surface area contributed by atoms with Gasteiger partial charge in [-0.25, -0.2) is 13.4 Å². The number of nitrogens with one attached hydrogen (secondary N) is 1. The normalized spacial score (nSPS) is 11.5. The van der Waals surface area contributed by atoms with E-state index in [0.29, 0.717) is 22.2 Å². The van der Waals surface area contributed by atoms with Gasteiger partial charge in [-0.2, -0.15) is 0 Å². The summed E-state index contributed by atoms with van der Waals surface area (Å²) in [7, 11) is -3.69. The Kier molecular flexibility index (Phi) is 4.34. The molecule has 0 saturated heterocycles. The third kappa shape index (κ3) is 3.44. The molecule has 1 N–H and O–H groups in total. The molecule has 0 bridgehead atoms. The van der Waals surface area contributed by atoms with Crippen LogP contribution >= 0.6 is 11.6 Å². The monoisotopic (exact) mass is 362 g/mol. The number of sulfonamides is 1. The first-order valence-corrected chi connectivity index (χ1v) is 9.04. The Morgan fingerprint density at radius 3 is 2.42 bits per heavy atom. The molecule has 0 spiro atoms. The van der Waals surface area contributed by atoms with Crippen molar-refractivity contribution in [2.75, 3.05) is 4.72 Å². The number of anilines is 1. The van der Waals surface area contributed by atoms with Gasteiger partial charge in [0.25, 0.3) is 10.0 Å². The Morgan fingerprint density at radius 2 is 1.79 bits per heavy atom. The van der Waals surface area contributed by atoms with Crippen LogP contribution in [0, 0.1) is 13.8 Å². The third-order valence-corrected chi connectivity index (χ3v) is 5.16. The second kappa shape index (κ2) is 6.30. The second-order valence-corrected chi connectivity index (χ2v) is 7.42. The lowest BCUT2D eigenvalue weighted by molar-refractivity contribution is 0.541. The zero-order valence-electron chi connectivity index (χ0n) is 13.1. The van der Waals surface area contributed by atoms with E-state index in [2.05, 4.69) is 9.71 Å². The van der Waals surface area contributed by atoms with E-state index in [9.17, 15) is 8.42 Å². The number of nitrogens with zero attached hydrogens (tertiary/aromatic N) is 1. The van der Waals surface area contributed by atoms with Crippen molar-refractivity contribution >= 4 is 27.3 Å². The molecule has 0 aliphatic heterocycles. The highest BCUT2D eigenvalue weighted by Crippen LogP contribution is 2.25. The number of hydrogen-bond acceptors (Lipinski definition) is 4. The van der Waals surface area contributed by atoms with Gasteiger partial charge in [0.2, 0.25) is 5.89 Å². The lowest BCUT2D eigenvalue weighted by atomic mass is 10.2. The highest BCUT2D eigenvalue weighted by Gasteiger charge is 2.15. The number of aryl methyl sites for hydroxylation is 2. The molecule has 24 heavy (non-hydrogen) atoms. The average Bonchev–Trinajstić information content (AvgIpc) is 2.87. The Labute approximate surface area is 145 Å². The predicted octanol–water partition coefficient (Wildman–Crippen LogP) is 4.41. The SMILES string of the molecule is Cc1nc(-c2cccc(NS(=O)(=O)c3ccc(Cl)cc3)c2)oc1C. The zero-order valence-corrected chi connectivity index (χ0v) is 14.6. The third-order valence-electron chi connectivity index (χ3n) is 3.51. The number of aromatic nitrogens is 1. The molecule has 1 aromatic heterocycles. The van der Waals surface area contributed by atoms with Crippen molar-refractivity contribution in [1.29, 1.82) is 0 Å². The van der Waals surface area contributed by atoms with Crippen LogP contribution < -0.4 is 4.72 Å². The molecule has 0 aliphatic rings. The first-order chi connectivity index (χ1) is 11.3. The van der Waals surface area contributed by atoms with Crippen LogP contribution in [-0.2, 0) is 10.0 Å². The van der Waals surface area contributed by atoms with Crippen molar-refractivity contribution in [3.05, 3.63) is 65.0 Å².